The van der Waals surface area contributed by atoms with Gasteiger partial charge in [-0.05, 0) is 37.6 Å². The van der Waals surface area contributed by atoms with Crippen molar-refractivity contribution in [3.8, 4) is 5.69 Å². The smallest absolute Gasteiger partial charge is 0.356 e. The molecule has 0 amide bonds. The Morgan fingerprint density at radius 2 is 2.12 bits per heavy atom. The molecule has 0 bridgehead atoms. The number of hydrogen-bond donors (Lipinski definition) is 1. The van der Waals surface area contributed by atoms with Crippen molar-refractivity contribution in [1.29, 1.82) is 0 Å². The van der Waals surface area contributed by atoms with Gasteiger partial charge in [-0.1, -0.05) is 11.6 Å². The molecular weight excluding hydrogens is 240 g/mol. The molecule has 2 aromatic rings. The van der Waals surface area contributed by atoms with Gasteiger partial charge < -0.3 is 9.67 Å². The monoisotopic (exact) mass is 250 g/mol. The molecule has 1 aromatic carbocycles. The molecule has 0 saturated carbocycles. The fourth-order valence-electron chi connectivity index (χ4n) is 1.71. The van der Waals surface area contributed by atoms with Crippen molar-refractivity contribution in [1.82, 2.24) is 9.55 Å². The summed E-state index contributed by atoms with van der Waals surface area (Å²) in [4.78, 5) is 14.8. The molecule has 0 aliphatic rings. The number of aromatic carboxylic acids is 1. The first-order valence-electron chi connectivity index (χ1n) is 5.05. The summed E-state index contributed by atoms with van der Waals surface area (Å²) in [6, 6.07) is 5.44. The van der Waals surface area contributed by atoms with E-state index >= 15 is 0 Å². The van der Waals surface area contributed by atoms with Crippen LogP contribution in [-0.4, -0.2) is 20.6 Å². The van der Waals surface area contributed by atoms with Crippen molar-refractivity contribution in [3.05, 3.63) is 46.5 Å². The number of benzene rings is 1. The SMILES string of the molecule is Cc1cc(Cl)ccc1-n1cc(C(=O)O)nc1C. The van der Waals surface area contributed by atoms with Gasteiger partial charge in [-0.25, -0.2) is 9.78 Å². The Kier molecular flexibility index (Phi) is 2.90. The number of halogens is 1. The predicted molar refractivity (Wildman–Crippen MR) is 65.0 cm³/mol. The zero-order valence-corrected chi connectivity index (χ0v) is 10.2. The zero-order valence-electron chi connectivity index (χ0n) is 9.44. The summed E-state index contributed by atoms with van der Waals surface area (Å²) in [5.74, 6) is -0.397. The molecule has 17 heavy (non-hydrogen) atoms. The minimum absolute atomic E-state index is 0.0388. The lowest BCUT2D eigenvalue weighted by atomic mass is 10.2. The van der Waals surface area contributed by atoms with E-state index in [4.69, 9.17) is 16.7 Å². The number of aromatic nitrogens is 2. The van der Waals surface area contributed by atoms with Crippen molar-refractivity contribution in [2.45, 2.75) is 13.8 Å². The Hall–Kier alpha value is -1.81. The molecule has 0 unspecified atom stereocenters. The van der Waals surface area contributed by atoms with Crippen LogP contribution in [0.25, 0.3) is 5.69 Å². The van der Waals surface area contributed by atoms with Crippen molar-refractivity contribution < 1.29 is 9.90 Å². The molecule has 4 nitrogen and oxygen atoms in total. The molecule has 5 heteroatoms. The van der Waals surface area contributed by atoms with Crippen LogP contribution in [0, 0.1) is 13.8 Å². The van der Waals surface area contributed by atoms with Gasteiger partial charge in [0.1, 0.15) is 5.82 Å². The maximum atomic E-state index is 10.8. The summed E-state index contributed by atoms with van der Waals surface area (Å²) in [7, 11) is 0. The van der Waals surface area contributed by atoms with Crippen molar-refractivity contribution in [2.75, 3.05) is 0 Å². The molecule has 1 heterocycles. The summed E-state index contributed by atoms with van der Waals surface area (Å²) in [5, 5.41) is 9.54. The first kappa shape index (κ1) is 11.7. The molecular formula is C12H11ClN2O2. The first-order chi connectivity index (χ1) is 7.99. The number of imidazole rings is 1. The van der Waals surface area contributed by atoms with Crippen molar-refractivity contribution >= 4 is 17.6 Å². The fourth-order valence-corrected chi connectivity index (χ4v) is 1.94. The van der Waals surface area contributed by atoms with Gasteiger partial charge in [-0.2, -0.15) is 0 Å². The van der Waals surface area contributed by atoms with Gasteiger partial charge in [0, 0.05) is 16.9 Å². The number of carbonyl (C=O) groups is 1. The third kappa shape index (κ3) is 2.17. The standard InChI is InChI=1S/C12H11ClN2O2/c1-7-5-9(13)3-4-11(7)15-6-10(12(16)17)14-8(15)2/h3-6H,1-2H3,(H,16,17). The number of nitrogens with zero attached hydrogens (tertiary/aromatic N) is 2. The van der Waals surface area contributed by atoms with E-state index in [0.29, 0.717) is 10.8 Å². The van der Waals surface area contributed by atoms with E-state index in [1.807, 2.05) is 19.1 Å². The molecule has 1 aromatic heterocycles. The molecule has 0 aliphatic heterocycles. The second-order valence-corrected chi connectivity index (χ2v) is 4.22. The molecule has 2 rings (SSSR count). The van der Waals surface area contributed by atoms with E-state index in [9.17, 15) is 4.79 Å². The van der Waals surface area contributed by atoms with E-state index in [2.05, 4.69) is 4.98 Å². The van der Waals surface area contributed by atoms with E-state index in [1.165, 1.54) is 6.20 Å². The summed E-state index contributed by atoms with van der Waals surface area (Å²) in [6.45, 7) is 3.68. The van der Waals surface area contributed by atoms with Crippen LogP contribution in [0.15, 0.2) is 24.4 Å². The van der Waals surface area contributed by atoms with E-state index in [-0.39, 0.29) is 5.69 Å². The number of aryl methyl sites for hydroxylation is 2. The number of carboxylic acids is 1. The van der Waals surface area contributed by atoms with Crippen LogP contribution >= 0.6 is 11.6 Å². The van der Waals surface area contributed by atoms with Crippen molar-refractivity contribution in [3.63, 3.8) is 0 Å². The number of hydrogen-bond acceptors (Lipinski definition) is 2. The third-order valence-corrected chi connectivity index (χ3v) is 2.75. The predicted octanol–water partition coefficient (Wildman–Crippen LogP) is 2.84. The third-order valence-electron chi connectivity index (χ3n) is 2.52. The van der Waals surface area contributed by atoms with E-state index < -0.39 is 5.97 Å². The number of carboxylic acid groups (broad SMARTS) is 1. The van der Waals surface area contributed by atoms with Gasteiger partial charge in [-0.3, -0.25) is 0 Å². The Bertz CT molecular complexity index is 590. The van der Waals surface area contributed by atoms with Crippen LogP contribution in [0.2, 0.25) is 5.02 Å². The highest BCUT2D eigenvalue weighted by Gasteiger charge is 2.12. The molecule has 88 valence electrons. The Balaban J connectivity index is 2.56. The second kappa shape index (κ2) is 4.22. The van der Waals surface area contributed by atoms with Gasteiger partial charge in [0.15, 0.2) is 5.69 Å². The molecule has 0 spiro atoms. The lowest BCUT2D eigenvalue weighted by Crippen LogP contribution is -1.98. The largest absolute Gasteiger partial charge is 0.476 e. The van der Waals surface area contributed by atoms with E-state index in [1.54, 1.807) is 17.6 Å². The molecule has 0 fully saturated rings. The van der Waals surface area contributed by atoms with Crippen LogP contribution in [0.3, 0.4) is 0 Å². The van der Waals surface area contributed by atoms with Gasteiger partial charge >= 0.3 is 5.97 Å². The summed E-state index contributed by atoms with van der Waals surface area (Å²) < 4.78 is 1.75. The van der Waals surface area contributed by atoms with Crippen LogP contribution in [-0.2, 0) is 0 Å². The molecule has 1 N–H and O–H groups in total. The second-order valence-electron chi connectivity index (χ2n) is 3.78. The van der Waals surface area contributed by atoms with Crippen LogP contribution in [0.1, 0.15) is 21.9 Å². The topological polar surface area (TPSA) is 55.1 Å². The molecule has 0 aliphatic carbocycles. The molecule has 0 saturated heterocycles. The van der Waals surface area contributed by atoms with Gasteiger partial charge in [-0.15, -0.1) is 0 Å². The Morgan fingerprint density at radius 1 is 1.41 bits per heavy atom. The van der Waals surface area contributed by atoms with Crippen LogP contribution < -0.4 is 0 Å². The molecule has 0 atom stereocenters. The first-order valence-corrected chi connectivity index (χ1v) is 5.42. The normalized spacial score (nSPS) is 10.5. The summed E-state index contributed by atoms with van der Waals surface area (Å²) >= 11 is 5.88. The average Bonchev–Trinajstić information content (AvgIpc) is 2.61. The van der Waals surface area contributed by atoms with Crippen LogP contribution in [0.5, 0.6) is 0 Å². The number of rotatable bonds is 2. The van der Waals surface area contributed by atoms with Gasteiger partial charge in [0.2, 0.25) is 0 Å². The minimum atomic E-state index is -1.03. The fraction of sp³-hybridized carbons (Fsp3) is 0.167. The highest BCUT2D eigenvalue weighted by atomic mass is 35.5. The Morgan fingerprint density at radius 3 is 2.65 bits per heavy atom. The van der Waals surface area contributed by atoms with Gasteiger partial charge in [0.25, 0.3) is 0 Å². The lowest BCUT2D eigenvalue weighted by Gasteiger charge is -2.08. The Labute approximate surface area is 103 Å². The zero-order chi connectivity index (χ0) is 12.6. The molecule has 0 radical (unpaired) electrons. The highest BCUT2D eigenvalue weighted by molar-refractivity contribution is 6.30. The summed E-state index contributed by atoms with van der Waals surface area (Å²) in [6.07, 6.45) is 1.51. The maximum absolute atomic E-state index is 10.8. The van der Waals surface area contributed by atoms with Crippen LogP contribution in [0.4, 0.5) is 0 Å². The maximum Gasteiger partial charge on any atom is 0.356 e. The van der Waals surface area contributed by atoms with Gasteiger partial charge in [0.05, 0.1) is 0 Å². The van der Waals surface area contributed by atoms with Crippen molar-refractivity contribution in [2.24, 2.45) is 0 Å². The summed E-state index contributed by atoms with van der Waals surface area (Å²) in [5.41, 5.74) is 1.89. The lowest BCUT2D eigenvalue weighted by molar-refractivity contribution is 0.0691. The van der Waals surface area contributed by atoms with E-state index in [0.717, 1.165) is 11.3 Å². The average molecular weight is 251 g/mol. The minimum Gasteiger partial charge on any atom is -0.476 e. The quantitative estimate of drug-likeness (QED) is 0.892. The highest BCUT2D eigenvalue weighted by Crippen LogP contribution is 2.20.